The number of nitriles is 1. The monoisotopic (exact) mass is 417 g/mol. The Morgan fingerprint density at radius 3 is 2.26 bits per heavy atom. The quantitative estimate of drug-likeness (QED) is 0.762. The van der Waals surface area contributed by atoms with Gasteiger partial charge < -0.3 is 15.2 Å². The molecule has 158 valence electrons. The van der Waals surface area contributed by atoms with E-state index in [1.807, 2.05) is 38.1 Å². The van der Waals surface area contributed by atoms with Gasteiger partial charge in [0.1, 0.15) is 11.5 Å². The second-order valence-electron chi connectivity index (χ2n) is 7.13. The van der Waals surface area contributed by atoms with Gasteiger partial charge in [-0.05, 0) is 36.6 Å². The number of carbonyl (C=O) groups is 2. The van der Waals surface area contributed by atoms with Crippen LogP contribution in [0.15, 0.2) is 71.2 Å². The maximum absolute atomic E-state index is 13.0. The third kappa shape index (κ3) is 3.76. The van der Waals surface area contributed by atoms with Gasteiger partial charge in [-0.15, -0.1) is 0 Å². The minimum absolute atomic E-state index is 0.00722. The molecule has 3 rings (SSSR count). The summed E-state index contributed by atoms with van der Waals surface area (Å²) in [7, 11) is 2.45. The fraction of sp³-hybridized carbons (Fsp3) is 0.208. The number of hydrogen-bond donors (Lipinski definition) is 1. The average Bonchev–Trinajstić information content (AvgIpc) is 2.79. The second-order valence-corrected chi connectivity index (χ2v) is 7.13. The van der Waals surface area contributed by atoms with E-state index in [9.17, 15) is 14.9 Å². The van der Waals surface area contributed by atoms with Crippen LogP contribution in [0.4, 0.5) is 5.69 Å². The molecule has 7 nitrogen and oxygen atoms in total. The summed E-state index contributed by atoms with van der Waals surface area (Å²) in [6.45, 7) is 3.75. The first-order valence-corrected chi connectivity index (χ1v) is 9.58. The number of carbonyl (C=O) groups excluding carboxylic acids is 2. The highest BCUT2D eigenvalue weighted by atomic mass is 16.5. The SMILES string of the molecule is COC(=O)C1=C(C(=O)OC)N(c2cc(C)ccc2C)C(N)=C(C#N)C1c1ccccc1. The van der Waals surface area contributed by atoms with Crippen LogP contribution in [0.2, 0.25) is 0 Å². The summed E-state index contributed by atoms with van der Waals surface area (Å²) < 4.78 is 10.1. The normalized spacial score (nSPS) is 16.1. The summed E-state index contributed by atoms with van der Waals surface area (Å²) in [5.41, 5.74) is 9.46. The predicted molar refractivity (Wildman–Crippen MR) is 115 cm³/mol. The van der Waals surface area contributed by atoms with Crippen molar-refractivity contribution in [3.8, 4) is 6.07 Å². The summed E-state index contributed by atoms with van der Waals surface area (Å²) in [4.78, 5) is 27.4. The molecule has 0 fully saturated rings. The van der Waals surface area contributed by atoms with E-state index >= 15 is 0 Å². The molecule has 1 unspecified atom stereocenters. The smallest absolute Gasteiger partial charge is 0.355 e. The van der Waals surface area contributed by atoms with E-state index in [-0.39, 0.29) is 22.7 Å². The van der Waals surface area contributed by atoms with Gasteiger partial charge in [0.25, 0.3) is 0 Å². The topological polar surface area (TPSA) is 106 Å². The number of anilines is 1. The lowest BCUT2D eigenvalue weighted by Crippen LogP contribution is -2.41. The minimum atomic E-state index is -0.880. The van der Waals surface area contributed by atoms with E-state index in [2.05, 4.69) is 6.07 Å². The van der Waals surface area contributed by atoms with Gasteiger partial charge in [-0.25, -0.2) is 9.59 Å². The zero-order valence-electron chi connectivity index (χ0n) is 17.8. The fourth-order valence-corrected chi connectivity index (χ4v) is 3.72. The Morgan fingerprint density at radius 2 is 1.68 bits per heavy atom. The highest BCUT2D eigenvalue weighted by Crippen LogP contribution is 2.43. The van der Waals surface area contributed by atoms with Crippen molar-refractivity contribution in [2.45, 2.75) is 19.8 Å². The molecule has 0 amide bonds. The minimum Gasteiger partial charge on any atom is -0.466 e. The van der Waals surface area contributed by atoms with Crippen LogP contribution >= 0.6 is 0 Å². The van der Waals surface area contributed by atoms with Crippen molar-refractivity contribution < 1.29 is 19.1 Å². The molecule has 0 saturated heterocycles. The lowest BCUT2D eigenvalue weighted by Gasteiger charge is -2.36. The van der Waals surface area contributed by atoms with Crippen molar-refractivity contribution in [2.24, 2.45) is 5.73 Å². The fourth-order valence-electron chi connectivity index (χ4n) is 3.72. The first-order valence-electron chi connectivity index (χ1n) is 9.58. The van der Waals surface area contributed by atoms with E-state index in [0.29, 0.717) is 11.3 Å². The molecule has 0 aliphatic carbocycles. The number of allylic oxidation sites excluding steroid dienone is 1. The summed E-state index contributed by atoms with van der Waals surface area (Å²) in [6, 6.07) is 16.7. The number of rotatable bonds is 4. The maximum atomic E-state index is 13.0. The number of ether oxygens (including phenoxy) is 2. The van der Waals surface area contributed by atoms with Crippen molar-refractivity contribution in [1.82, 2.24) is 0 Å². The van der Waals surface area contributed by atoms with Crippen LogP contribution in [-0.2, 0) is 19.1 Å². The first kappa shape index (κ1) is 21.7. The van der Waals surface area contributed by atoms with Crippen molar-refractivity contribution in [2.75, 3.05) is 19.1 Å². The Balaban J connectivity index is 2.45. The molecule has 1 aliphatic heterocycles. The van der Waals surface area contributed by atoms with E-state index in [1.54, 1.807) is 24.3 Å². The summed E-state index contributed by atoms with van der Waals surface area (Å²) in [6.07, 6.45) is 0. The molecule has 2 aromatic rings. The molecule has 1 heterocycles. The van der Waals surface area contributed by atoms with E-state index in [0.717, 1.165) is 11.1 Å². The second kappa shape index (κ2) is 8.76. The van der Waals surface area contributed by atoms with E-state index in [1.165, 1.54) is 19.1 Å². The number of hydrogen-bond acceptors (Lipinski definition) is 7. The Labute approximate surface area is 181 Å². The van der Waals surface area contributed by atoms with Gasteiger partial charge in [0.2, 0.25) is 0 Å². The Hall–Kier alpha value is -4.05. The van der Waals surface area contributed by atoms with Crippen molar-refractivity contribution in [3.05, 3.63) is 87.9 Å². The molecule has 0 aromatic heterocycles. The maximum Gasteiger partial charge on any atom is 0.355 e. The Kier molecular flexibility index (Phi) is 6.12. The Morgan fingerprint density at radius 1 is 1.03 bits per heavy atom. The molecule has 0 saturated carbocycles. The number of aryl methyl sites for hydroxylation is 2. The van der Waals surface area contributed by atoms with E-state index < -0.39 is 17.9 Å². The molecule has 1 aliphatic rings. The lowest BCUT2D eigenvalue weighted by atomic mass is 9.80. The summed E-state index contributed by atoms with van der Waals surface area (Å²) in [5, 5.41) is 10.0. The van der Waals surface area contributed by atoms with Gasteiger partial charge in [0.05, 0.1) is 43.0 Å². The van der Waals surface area contributed by atoms with Crippen molar-refractivity contribution in [1.29, 1.82) is 5.26 Å². The third-order valence-electron chi connectivity index (χ3n) is 5.22. The molecule has 2 aromatic carbocycles. The van der Waals surface area contributed by atoms with Crippen molar-refractivity contribution in [3.63, 3.8) is 0 Å². The number of methoxy groups -OCH3 is 2. The number of esters is 2. The van der Waals surface area contributed by atoms with E-state index in [4.69, 9.17) is 15.2 Å². The average molecular weight is 417 g/mol. The Bertz CT molecular complexity index is 1140. The van der Waals surface area contributed by atoms with Gasteiger partial charge in [-0.1, -0.05) is 42.5 Å². The van der Waals surface area contributed by atoms with Crippen LogP contribution in [0.25, 0.3) is 0 Å². The van der Waals surface area contributed by atoms with Gasteiger partial charge >= 0.3 is 11.9 Å². The highest BCUT2D eigenvalue weighted by molar-refractivity contribution is 6.06. The van der Waals surface area contributed by atoms with Crippen LogP contribution in [0, 0.1) is 25.2 Å². The first-order chi connectivity index (χ1) is 14.8. The number of nitrogens with zero attached hydrogens (tertiary/aromatic N) is 2. The van der Waals surface area contributed by atoms with Crippen LogP contribution in [0.5, 0.6) is 0 Å². The van der Waals surface area contributed by atoms with Gasteiger partial charge in [-0.2, -0.15) is 5.26 Å². The summed E-state index contributed by atoms with van der Waals surface area (Å²) >= 11 is 0. The molecule has 7 heteroatoms. The number of nitrogens with two attached hydrogens (primary N) is 1. The molecule has 1 atom stereocenters. The lowest BCUT2D eigenvalue weighted by molar-refractivity contribution is -0.139. The molecular weight excluding hydrogens is 394 g/mol. The zero-order valence-corrected chi connectivity index (χ0v) is 17.8. The van der Waals surface area contributed by atoms with Crippen LogP contribution < -0.4 is 10.6 Å². The van der Waals surface area contributed by atoms with Crippen LogP contribution in [0.3, 0.4) is 0 Å². The predicted octanol–water partition coefficient (Wildman–Crippen LogP) is 3.20. The molecule has 31 heavy (non-hydrogen) atoms. The molecular formula is C24H23N3O4. The number of benzene rings is 2. The molecule has 0 spiro atoms. The largest absolute Gasteiger partial charge is 0.466 e. The highest BCUT2D eigenvalue weighted by Gasteiger charge is 2.43. The third-order valence-corrected chi connectivity index (χ3v) is 5.22. The van der Waals surface area contributed by atoms with Crippen molar-refractivity contribution >= 4 is 17.6 Å². The van der Waals surface area contributed by atoms with Crippen LogP contribution in [0.1, 0.15) is 22.6 Å². The molecule has 0 bridgehead atoms. The molecule has 0 radical (unpaired) electrons. The van der Waals surface area contributed by atoms with Gasteiger partial charge in [0.15, 0.2) is 0 Å². The molecule has 2 N–H and O–H groups in total. The van der Waals surface area contributed by atoms with Gasteiger partial charge in [-0.3, -0.25) is 4.90 Å². The zero-order chi connectivity index (χ0) is 22.7. The van der Waals surface area contributed by atoms with Gasteiger partial charge in [0, 0.05) is 0 Å². The standard InChI is InChI=1S/C24H23N3O4/c1-14-10-11-15(2)18(12-14)27-21(24(29)31-4)20(23(28)30-3)19(17(13-25)22(27)26)16-8-6-5-7-9-16/h5-12,19H,26H2,1-4H3. The van der Waals surface area contributed by atoms with Crippen LogP contribution in [-0.4, -0.2) is 26.2 Å². The summed E-state index contributed by atoms with van der Waals surface area (Å²) in [5.74, 6) is -2.33.